The van der Waals surface area contributed by atoms with Gasteiger partial charge in [0.2, 0.25) is 0 Å². The Labute approximate surface area is 125 Å². The van der Waals surface area contributed by atoms with Crippen molar-refractivity contribution >= 4 is 5.97 Å². The first-order valence-corrected chi connectivity index (χ1v) is 8.25. The predicted octanol–water partition coefficient (Wildman–Crippen LogP) is 2.83. The Morgan fingerprint density at radius 3 is 2.71 bits per heavy atom. The van der Waals surface area contributed by atoms with Crippen molar-refractivity contribution in [1.29, 1.82) is 0 Å². The summed E-state index contributed by atoms with van der Waals surface area (Å²) in [5.41, 5.74) is 1.01. The Morgan fingerprint density at radius 2 is 1.95 bits per heavy atom. The summed E-state index contributed by atoms with van der Waals surface area (Å²) in [5.74, 6) is -0.688. The molecule has 5 nitrogen and oxygen atoms in total. The summed E-state index contributed by atoms with van der Waals surface area (Å²) in [5, 5.41) is 14.1. The van der Waals surface area contributed by atoms with Gasteiger partial charge in [-0.3, -0.25) is 14.4 Å². The van der Waals surface area contributed by atoms with Crippen LogP contribution in [0.2, 0.25) is 0 Å². The molecule has 1 N–H and O–H groups in total. The zero-order chi connectivity index (χ0) is 14.7. The van der Waals surface area contributed by atoms with Gasteiger partial charge in [-0.1, -0.05) is 25.7 Å². The Balaban J connectivity index is 1.67. The van der Waals surface area contributed by atoms with Gasteiger partial charge in [-0.2, -0.15) is 5.10 Å². The zero-order valence-corrected chi connectivity index (χ0v) is 12.6. The fourth-order valence-electron chi connectivity index (χ4n) is 3.68. The molecule has 1 unspecified atom stereocenters. The van der Waals surface area contributed by atoms with E-state index in [0.29, 0.717) is 12.6 Å². The van der Waals surface area contributed by atoms with Crippen LogP contribution in [0.15, 0.2) is 12.3 Å². The minimum absolute atomic E-state index is 0.343. The van der Waals surface area contributed by atoms with E-state index in [2.05, 4.69) is 21.8 Å². The lowest BCUT2D eigenvalue weighted by molar-refractivity contribution is -0.143. The molecule has 1 saturated heterocycles. The summed E-state index contributed by atoms with van der Waals surface area (Å²) in [6, 6.07) is 2.27. The molecular formula is C16H25N3O2. The number of nitrogens with zero attached hydrogens (tertiary/aromatic N) is 3. The lowest BCUT2D eigenvalue weighted by atomic mass is 10.1. The Morgan fingerprint density at radius 1 is 1.19 bits per heavy atom. The molecule has 2 heterocycles. The first-order valence-electron chi connectivity index (χ1n) is 8.25. The maximum absolute atomic E-state index is 11.5. The molecule has 3 rings (SSSR count). The van der Waals surface area contributed by atoms with Crippen molar-refractivity contribution in [2.75, 3.05) is 6.54 Å². The highest BCUT2D eigenvalue weighted by Crippen LogP contribution is 2.29. The molecule has 0 radical (unpaired) electrons. The summed E-state index contributed by atoms with van der Waals surface area (Å²) >= 11 is 0. The third-order valence-corrected chi connectivity index (χ3v) is 4.88. The van der Waals surface area contributed by atoms with Crippen LogP contribution in [-0.4, -0.2) is 38.3 Å². The molecule has 116 valence electrons. The van der Waals surface area contributed by atoms with Gasteiger partial charge in [0.1, 0.15) is 6.04 Å². The molecule has 1 atom stereocenters. The van der Waals surface area contributed by atoms with Gasteiger partial charge in [-0.15, -0.1) is 0 Å². The quantitative estimate of drug-likeness (QED) is 0.926. The average Bonchev–Trinajstić information content (AvgIpc) is 3.07. The maximum Gasteiger partial charge on any atom is 0.320 e. The molecule has 0 bridgehead atoms. The van der Waals surface area contributed by atoms with E-state index < -0.39 is 5.97 Å². The number of likely N-dealkylation sites (tertiary alicyclic amines) is 1. The highest BCUT2D eigenvalue weighted by atomic mass is 16.4. The van der Waals surface area contributed by atoms with Gasteiger partial charge in [0.15, 0.2) is 0 Å². The number of carbonyl (C=O) groups is 1. The monoisotopic (exact) mass is 291 g/mol. The lowest BCUT2D eigenvalue weighted by Crippen LogP contribution is -2.40. The minimum Gasteiger partial charge on any atom is -0.480 e. The molecule has 2 fully saturated rings. The molecule has 1 aliphatic heterocycles. The van der Waals surface area contributed by atoms with E-state index in [1.54, 1.807) is 0 Å². The second kappa shape index (κ2) is 6.60. The fourth-order valence-corrected chi connectivity index (χ4v) is 3.68. The van der Waals surface area contributed by atoms with Crippen LogP contribution < -0.4 is 0 Å². The smallest absolute Gasteiger partial charge is 0.320 e. The molecule has 0 spiro atoms. The van der Waals surface area contributed by atoms with Crippen LogP contribution in [0.1, 0.15) is 63.1 Å². The van der Waals surface area contributed by atoms with Crippen molar-refractivity contribution in [3.8, 4) is 0 Å². The van der Waals surface area contributed by atoms with Gasteiger partial charge in [-0.05, 0) is 38.3 Å². The summed E-state index contributed by atoms with van der Waals surface area (Å²) in [6.07, 6.45) is 11.1. The van der Waals surface area contributed by atoms with Gasteiger partial charge < -0.3 is 5.11 Å². The molecule has 5 heteroatoms. The number of carboxylic acid groups (broad SMARTS) is 1. The van der Waals surface area contributed by atoms with Crippen molar-refractivity contribution in [3.63, 3.8) is 0 Å². The van der Waals surface area contributed by atoms with Gasteiger partial charge in [0, 0.05) is 12.7 Å². The van der Waals surface area contributed by atoms with Crippen LogP contribution in [0.3, 0.4) is 0 Å². The Bertz CT molecular complexity index is 480. The van der Waals surface area contributed by atoms with Crippen molar-refractivity contribution in [2.24, 2.45) is 0 Å². The Kier molecular flexibility index (Phi) is 4.58. The van der Waals surface area contributed by atoms with Gasteiger partial charge in [0.25, 0.3) is 0 Å². The Hall–Kier alpha value is -1.36. The summed E-state index contributed by atoms with van der Waals surface area (Å²) in [7, 11) is 0. The van der Waals surface area contributed by atoms with Crippen molar-refractivity contribution < 1.29 is 9.90 Å². The molecule has 1 aromatic heterocycles. The third-order valence-electron chi connectivity index (χ3n) is 4.88. The fraction of sp³-hybridized carbons (Fsp3) is 0.750. The summed E-state index contributed by atoms with van der Waals surface area (Å²) < 4.78 is 2.09. The number of hydrogen-bond acceptors (Lipinski definition) is 3. The maximum atomic E-state index is 11.5. The molecule has 21 heavy (non-hydrogen) atoms. The second-order valence-electron chi connectivity index (χ2n) is 6.40. The SMILES string of the molecule is O=C(O)C1CCCCCN1Cc1ccn(C2CCCC2)n1. The number of hydrogen-bond donors (Lipinski definition) is 1. The van der Waals surface area contributed by atoms with Crippen LogP contribution in [0, 0.1) is 0 Å². The molecule has 1 aliphatic carbocycles. The average molecular weight is 291 g/mol. The standard InChI is InChI=1S/C16H25N3O2/c20-16(21)15-8-2-1-5-10-18(15)12-13-9-11-19(17-13)14-6-3-4-7-14/h9,11,14-15H,1-8,10,12H2,(H,20,21). The van der Waals surface area contributed by atoms with Crippen molar-refractivity contribution in [1.82, 2.24) is 14.7 Å². The van der Waals surface area contributed by atoms with E-state index in [4.69, 9.17) is 5.10 Å². The van der Waals surface area contributed by atoms with E-state index in [9.17, 15) is 9.90 Å². The first kappa shape index (κ1) is 14.6. The second-order valence-corrected chi connectivity index (χ2v) is 6.40. The third kappa shape index (κ3) is 3.46. The molecule has 1 saturated carbocycles. The summed E-state index contributed by atoms with van der Waals surface area (Å²) in [6.45, 7) is 1.53. The van der Waals surface area contributed by atoms with E-state index in [0.717, 1.165) is 37.9 Å². The largest absolute Gasteiger partial charge is 0.480 e. The van der Waals surface area contributed by atoms with E-state index in [1.807, 2.05) is 0 Å². The molecule has 1 aromatic rings. The number of aliphatic carboxylic acids is 1. The lowest BCUT2D eigenvalue weighted by Gasteiger charge is -2.25. The highest BCUT2D eigenvalue weighted by Gasteiger charge is 2.27. The minimum atomic E-state index is -0.688. The zero-order valence-electron chi connectivity index (χ0n) is 12.6. The number of carboxylic acids is 1. The molecule has 0 aromatic carbocycles. The van der Waals surface area contributed by atoms with Crippen LogP contribution >= 0.6 is 0 Å². The normalized spacial score (nSPS) is 25.0. The molecule has 0 amide bonds. The van der Waals surface area contributed by atoms with Crippen LogP contribution in [0.5, 0.6) is 0 Å². The summed E-state index contributed by atoms with van der Waals surface area (Å²) in [4.78, 5) is 13.5. The van der Waals surface area contributed by atoms with E-state index in [1.165, 1.54) is 25.7 Å². The van der Waals surface area contributed by atoms with Crippen LogP contribution in [0.4, 0.5) is 0 Å². The van der Waals surface area contributed by atoms with E-state index >= 15 is 0 Å². The molecular weight excluding hydrogens is 266 g/mol. The molecule has 2 aliphatic rings. The number of rotatable bonds is 4. The predicted molar refractivity (Wildman–Crippen MR) is 80.0 cm³/mol. The van der Waals surface area contributed by atoms with Gasteiger partial charge >= 0.3 is 5.97 Å². The van der Waals surface area contributed by atoms with Gasteiger partial charge in [-0.25, -0.2) is 0 Å². The highest BCUT2D eigenvalue weighted by molar-refractivity contribution is 5.73. The number of aromatic nitrogens is 2. The van der Waals surface area contributed by atoms with Crippen molar-refractivity contribution in [2.45, 2.75) is 70.0 Å². The van der Waals surface area contributed by atoms with Crippen molar-refractivity contribution in [3.05, 3.63) is 18.0 Å². The van der Waals surface area contributed by atoms with Crippen LogP contribution in [-0.2, 0) is 11.3 Å². The first-order chi connectivity index (χ1) is 10.2. The van der Waals surface area contributed by atoms with Gasteiger partial charge in [0.05, 0.1) is 11.7 Å². The van der Waals surface area contributed by atoms with Crippen LogP contribution in [0.25, 0.3) is 0 Å². The topological polar surface area (TPSA) is 58.4 Å². The van der Waals surface area contributed by atoms with E-state index in [-0.39, 0.29) is 6.04 Å².